The summed E-state index contributed by atoms with van der Waals surface area (Å²) in [6.45, 7) is 9.09. The molecular formula is C13H23N3O. The first kappa shape index (κ1) is 12.6. The summed E-state index contributed by atoms with van der Waals surface area (Å²) in [6, 6.07) is 0.510. The van der Waals surface area contributed by atoms with E-state index in [2.05, 4.69) is 37.4 Å². The van der Waals surface area contributed by atoms with Crippen molar-refractivity contribution in [1.29, 1.82) is 0 Å². The number of hydrogen-bond acceptors (Lipinski definition) is 3. The first-order chi connectivity index (χ1) is 8.15. The Kier molecular flexibility index (Phi) is 4.18. The highest BCUT2D eigenvalue weighted by Gasteiger charge is 2.17. The molecule has 4 nitrogen and oxygen atoms in total. The van der Waals surface area contributed by atoms with Crippen molar-refractivity contribution in [2.45, 2.75) is 58.8 Å². The van der Waals surface area contributed by atoms with Gasteiger partial charge < -0.3 is 10.1 Å². The van der Waals surface area contributed by atoms with Crippen LogP contribution in [-0.4, -0.2) is 28.5 Å². The molecular weight excluding hydrogens is 214 g/mol. The summed E-state index contributed by atoms with van der Waals surface area (Å²) >= 11 is 0. The molecule has 1 aliphatic heterocycles. The van der Waals surface area contributed by atoms with Gasteiger partial charge in [-0.3, -0.25) is 4.68 Å². The molecule has 0 radical (unpaired) electrons. The molecule has 96 valence electrons. The van der Waals surface area contributed by atoms with Gasteiger partial charge in [-0.15, -0.1) is 0 Å². The van der Waals surface area contributed by atoms with Gasteiger partial charge in [-0.05, 0) is 19.8 Å². The van der Waals surface area contributed by atoms with Crippen LogP contribution in [0, 0.1) is 6.92 Å². The van der Waals surface area contributed by atoms with E-state index in [4.69, 9.17) is 4.74 Å². The monoisotopic (exact) mass is 237 g/mol. The molecule has 1 saturated heterocycles. The van der Waals surface area contributed by atoms with Crippen molar-refractivity contribution in [3.8, 4) is 0 Å². The van der Waals surface area contributed by atoms with Crippen molar-refractivity contribution in [1.82, 2.24) is 15.1 Å². The minimum Gasteiger partial charge on any atom is -0.376 e. The second-order valence-corrected chi connectivity index (χ2v) is 5.13. The van der Waals surface area contributed by atoms with E-state index in [0.29, 0.717) is 12.1 Å². The zero-order valence-corrected chi connectivity index (χ0v) is 11.1. The quantitative estimate of drug-likeness (QED) is 0.849. The highest BCUT2D eigenvalue weighted by molar-refractivity contribution is 5.15. The number of aryl methyl sites for hydroxylation is 1. The Labute approximate surface area is 103 Å². The first-order valence-electron chi connectivity index (χ1n) is 6.53. The molecule has 1 fully saturated rings. The molecule has 1 N–H and O–H groups in total. The molecule has 1 aromatic heterocycles. The number of nitrogens with one attached hydrogen (secondary N) is 1. The predicted molar refractivity (Wildman–Crippen MR) is 67.9 cm³/mol. The molecule has 1 aromatic rings. The SMILES string of the molecule is Cc1nn(CC2CCCO2)cc1CNC(C)C. The van der Waals surface area contributed by atoms with Gasteiger partial charge in [0.2, 0.25) is 0 Å². The maximum Gasteiger partial charge on any atom is 0.0771 e. The lowest BCUT2D eigenvalue weighted by Crippen LogP contribution is -2.22. The third kappa shape index (κ3) is 3.54. The minimum atomic E-state index is 0.361. The van der Waals surface area contributed by atoms with Crippen LogP contribution < -0.4 is 5.32 Å². The van der Waals surface area contributed by atoms with Gasteiger partial charge in [-0.2, -0.15) is 5.10 Å². The summed E-state index contributed by atoms with van der Waals surface area (Å²) in [6.07, 6.45) is 4.86. The van der Waals surface area contributed by atoms with E-state index in [0.717, 1.165) is 25.4 Å². The van der Waals surface area contributed by atoms with Gasteiger partial charge in [0.25, 0.3) is 0 Å². The molecule has 0 amide bonds. The number of rotatable bonds is 5. The molecule has 2 rings (SSSR count). The fraction of sp³-hybridized carbons (Fsp3) is 0.769. The number of aromatic nitrogens is 2. The number of ether oxygens (including phenoxy) is 1. The fourth-order valence-electron chi connectivity index (χ4n) is 2.14. The van der Waals surface area contributed by atoms with Gasteiger partial charge in [-0.1, -0.05) is 13.8 Å². The second kappa shape index (κ2) is 5.65. The Morgan fingerprint density at radius 3 is 3.06 bits per heavy atom. The van der Waals surface area contributed by atoms with Crippen LogP contribution >= 0.6 is 0 Å². The van der Waals surface area contributed by atoms with Crippen molar-refractivity contribution >= 4 is 0 Å². The van der Waals surface area contributed by atoms with Gasteiger partial charge in [0, 0.05) is 31.0 Å². The van der Waals surface area contributed by atoms with Crippen LogP contribution in [-0.2, 0) is 17.8 Å². The zero-order chi connectivity index (χ0) is 12.3. The third-order valence-electron chi connectivity index (χ3n) is 3.16. The average molecular weight is 237 g/mol. The largest absolute Gasteiger partial charge is 0.376 e. The Hall–Kier alpha value is -0.870. The van der Waals surface area contributed by atoms with E-state index in [1.165, 1.54) is 18.4 Å². The summed E-state index contributed by atoms with van der Waals surface area (Å²) in [5, 5.41) is 7.97. The number of nitrogens with zero attached hydrogens (tertiary/aromatic N) is 2. The van der Waals surface area contributed by atoms with E-state index in [9.17, 15) is 0 Å². The normalized spacial score (nSPS) is 20.4. The predicted octanol–water partition coefficient (Wildman–Crippen LogP) is 1.87. The Morgan fingerprint density at radius 1 is 1.59 bits per heavy atom. The number of hydrogen-bond donors (Lipinski definition) is 1. The van der Waals surface area contributed by atoms with Crippen LogP contribution in [0.25, 0.3) is 0 Å². The van der Waals surface area contributed by atoms with Crippen LogP contribution in [0.4, 0.5) is 0 Å². The smallest absolute Gasteiger partial charge is 0.0771 e. The molecule has 4 heteroatoms. The molecule has 17 heavy (non-hydrogen) atoms. The molecule has 0 aliphatic carbocycles. The van der Waals surface area contributed by atoms with Crippen LogP contribution in [0.2, 0.25) is 0 Å². The van der Waals surface area contributed by atoms with Gasteiger partial charge in [-0.25, -0.2) is 0 Å². The van der Waals surface area contributed by atoms with E-state index >= 15 is 0 Å². The Bertz CT molecular complexity index is 354. The third-order valence-corrected chi connectivity index (χ3v) is 3.16. The fourth-order valence-corrected chi connectivity index (χ4v) is 2.14. The van der Waals surface area contributed by atoms with E-state index < -0.39 is 0 Å². The summed E-state index contributed by atoms with van der Waals surface area (Å²) in [5.41, 5.74) is 2.41. The van der Waals surface area contributed by atoms with Crippen molar-refractivity contribution in [3.63, 3.8) is 0 Å². The van der Waals surface area contributed by atoms with E-state index in [1.807, 2.05) is 4.68 Å². The van der Waals surface area contributed by atoms with Gasteiger partial charge >= 0.3 is 0 Å². The lowest BCUT2D eigenvalue weighted by Gasteiger charge is -2.08. The molecule has 1 atom stereocenters. The summed E-state index contributed by atoms with van der Waals surface area (Å²) < 4.78 is 7.66. The van der Waals surface area contributed by atoms with Crippen molar-refractivity contribution in [2.24, 2.45) is 0 Å². The van der Waals surface area contributed by atoms with Crippen molar-refractivity contribution < 1.29 is 4.74 Å². The summed E-state index contributed by atoms with van der Waals surface area (Å²) in [7, 11) is 0. The van der Waals surface area contributed by atoms with Crippen LogP contribution in [0.1, 0.15) is 37.9 Å². The molecule has 0 bridgehead atoms. The average Bonchev–Trinajstić information content (AvgIpc) is 2.86. The maximum absolute atomic E-state index is 5.63. The van der Waals surface area contributed by atoms with E-state index in [-0.39, 0.29) is 0 Å². The highest BCUT2D eigenvalue weighted by Crippen LogP contribution is 2.15. The molecule has 2 heterocycles. The molecule has 1 aliphatic rings. The standard InChI is InChI=1S/C13H23N3O/c1-10(2)14-7-12-8-16(15-11(12)3)9-13-5-4-6-17-13/h8,10,13-14H,4-7,9H2,1-3H3. The summed E-state index contributed by atoms with van der Waals surface area (Å²) in [4.78, 5) is 0. The van der Waals surface area contributed by atoms with Gasteiger partial charge in [0.15, 0.2) is 0 Å². The van der Waals surface area contributed by atoms with Crippen molar-refractivity contribution in [3.05, 3.63) is 17.5 Å². The van der Waals surface area contributed by atoms with Gasteiger partial charge in [0.1, 0.15) is 0 Å². The summed E-state index contributed by atoms with van der Waals surface area (Å²) in [5.74, 6) is 0. The lowest BCUT2D eigenvalue weighted by molar-refractivity contribution is 0.0939. The second-order valence-electron chi connectivity index (χ2n) is 5.13. The molecule has 0 saturated carbocycles. The minimum absolute atomic E-state index is 0.361. The zero-order valence-electron chi connectivity index (χ0n) is 11.1. The van der Waals surface area contributed by atoms with Crippen LogP contribution in [0.3, 0.4) is 0 Å². The van der Waals surface area contributed by atoms with Crippen LogP contribution in [0.15, 0.2) is 6.20 Å². The first-order valence-corrected chi connectivity index (χ1v) is 6.53. The molecule has 0 aromatic carbocycles. The molecule has 1 unspecified atom stereocenters. The Balaban J connectivity index is 1.92. The maximum atomic E-state index is 5.63. The van der Waals surface area contributed by atoms with E-state index in [1.54, 1.807) is 0 Å². The topological polar surface area (TPSA) is 39.1 Å². The highest BCUT2D eigenvalue weighted by atomic mass is 16.5. The Morgan fingerprint density at radius 2 is 2.41 bits per heavy atom. The van der Waals surface area contributed by atoms with Crippen LogP contribution in [0.5, 0.6) is 0 Å². The molecule has 0 spiro atoms. The van der Waals surface area contributed by atoms with Gasteiger partial charge in [0.05, 0.1) is 18.3 Å². The van der Waals surface area contributed by atoms with Crippen molar-refractivity contribution in [2.75, 3.05) is 6.61 Å². The lowest BCUT2D eigenvalue weighted by atomic mass is 10.2.